The van der Waals surface area contributed by atoms with Crippen LogP contribution in [-0.2, 0) is 4.79 Å². The van der Waals surface area contributed by atoms with E-state index in [4.69, 9.17) is 5.73 Å². The molecule has 0 saturated carbocycles. The maximum atomic E-state index is 10.5. The molecule has 0 rings (SSSR count). The van der Waals surface area contributed by atoms with Crippen LogP contribution < -0.4 is 11.1 Å². The first-order chi connectivity index (χ1) is 4.52. The van der Waals surface area contributed by atoms with E-state index in [0.29, 0.717) is 0 Å². The van der Waals surface area contributed by atoms with Crippen LogP contribution in [0.3, 0.4) is 0 Å². The van der Waals surface area contributed by atoms with Crippen LogP contribution in [0.4, 0.5) is 0 Å². The second-order valence-electron chi connectivity index (χ2n) is 2.81. The van der Waals surface area contributed by atoms with Gasteiger partial charge in [-0.2, -0.15) is 0 Å². The molecule has 3 heteroatoms. The van der Waals surface area contributed by atoms with E-state index >= 15 is 0 Å². The molecule has 0 heterocycles. The molecule has 0 spiro atoms. The summed E-state index contributed by atoms with van der Waals surface area (Å²) in [7, 11) is 0. The van der Waals surface area contributed by atoms with Gasteiger partial charge in [0.15, 0.2) is 0 Å². The van der Waals surface area contributed by atoms with Crippen LogP contribution in [0.5, 0.6) is 0 Å². The Morgan fingerprint density at radius 2 is 2.10 bits per heavy atom. The maximum absolute atomic E-state index is 10.5. The van der Waals surface area contributed by atoms with Crippen molar-refractivity contribution in [3.63, 3.8) is 0 Å². The molecule has 0 radical (unpaired) electrons. The van der Waals surface area contributed by atoms with Crippen molar-refractivity contribution in [2.75, 3.05) is 0 Å². The molecule has 0 aromatic heterocycles. The van der Waals surface area contributed by atoms with E-state index in [-0.39, 0.29) is 18.0 Å². The van der Waals surface area contributed by atoms with Gasteiger partial charge in [-0.3, -0.25) is 4.79 Å². The maximum Gasteiger partial charge on any atom is 0.217 e. The number of hydrogen-bond donors (Lipinski definition) is 2. The van der Waals surface area contributed by atoms with Gasteiger partial charge >= 0.3 is 0 Å². The van der Waals surface area contributed by atoms with E-state index in [1.54, 1.807) is 0 Å². The second kappa shape index (κ2) is 4.28. The van der Waals surface area contributed by atoms with Crippen LogP contribution in [0.15, 0.2) is 0 Å². The summed E-state index contributed by atoms with van der Waals surface area (Å²) in [4.78, 5) is 10.5. The van der Waals surface area contributed by atoms with Crippen LogP contribution >= 0.6 is 0 Å². The van der Waals surface area contributed by atoms with Crippen molar-refractivity contribution < 1.29 is 4.79 Å². The Kier molecular flexibility index (Phi) is 4.03. The quantitative estimate of drug-likeness (QED) is 0.596. The van der Waals surface area contributed by atoms with Crippen LogP contribution in [0.2, 0.25) is 0 Å². The fourth-order valence-electron chi connectivity index (χ4n) is 0.964. The number of nitrogens with one attached hydrogen (secondary N) is 1. The zero-order valence-corrected chi connectivity index (χ0v) is 6.85. The number of carbonyl (C=O) groups is 1. The normalized spacial score (nSPS) is 16.0. The molecule has 3 N–H and O–H groups in total. The monoisotopic (exact) mass is 144 g/mol. The van der Waals surface area contributed by atoms with Crippen molar-refractivity contribution in [3.8, 4) is 0 Å². The van der Waals surface area contributed by atoms with Crippen molar-refractivity contribution in [2.45, 2.75) is 39.3 Å². The number of nitrogens with two attached hydrogens (primary N) is 1. The topological polar surface area (TPSA) is 55.1 Å². The fourth-order valence-corrected chi connectivity index (χ4v) is 0.964. The molecule has 0 aromatic rings. The van der Waals surface area contributed by atoms with Crippen LogP contribution in [-0.4, -0.2) is 18.0 Å². The minimum Gasteiger partial charge on any atom is -0.354 e. The number of carbonyl (C=O) groups excluding carboxylic acids is 1. The third kappa shape index (κ3) is 5.56. The summed E-state index contributed by atoms with van der Waals surface area (Å²) in [5, 5.41) is 2.76. The molecule has 0 aliphatic carbocycles. The summed E-state index contributed by atoms with van der Waals surface area (Å²) < 4.78 is 0. The Bertz CT molecular complexity index is 112. The smallest absolute Gasteiger partial charge is 0.217 e. The molecule has 2 unspecified atom stereocenters. The van der Waals surface area contributed by atoms with E-state index < -0.39 is 0 Å². The molecular formula is C7H16N2O. The average molecular weight is 144 g/mol. The van der Waals surface area contributed by atoms with E-state index in [1.165, 1.54) is 6.92 Å². The number of rotatable bonds is 3. The molecule has 0 aliphatic rings. The van der Waals surface area contributed by atoms with Crippen LogP contribution in [0, 0.1) is 0 Å². The third-order valence-corrected chi connectivity index (χ3v) is 1.18. The van der Waals surface area contributed by atoms with Gasteiger partial charge in [0.05, 0.1) is 0 Å². The summed E-state index contributed by atoms with van der Waals surface area (Å²) in [6.07, 6.45) is 0.833. The molecule has 0 aromatic carbocycles. The Morgan fingerprint density at radius 1 is 1.60 bits per heavy atom. The third-order valence-electron chi connectivity index (χ3n) is 1.18. The number of amides is 1. The lowest BCUT2D eigenvalue weighted by Crippen LogP contribution is -2.34. The lowest BCUT2D eigenvalue weighted by Gasteiger charge is -2.13. The summed E-state index contributed by atoms with van der Waals surface area (Å²) >= 11 is 0. The summed E-state index contributed by atoms with van der Waals surface area (Å²) in [5.74, 6) is 0.00755. The molecule has 10 heavy (non-hydrogen) atoms. The van der Waals surface area contributed by atoms with Gasteiger partial charge in [-0.25, -0.2) is 0 Å². The molecule has 0 saturated heterocycles. The predicted octanol–water partition coefficient (Wildman–Crippen LogP) is 0.248. The second-order valence-corrected chi connectivity index (χ2v) is 2.81. The highest BCUT2D eigenvalue weighted by atomic mass is 16.1. The van der Waals surface area contributed by atoms with Crippen molar-refractivity contribution in [1.82, 2.24) is 5.32 Å². The van der Waals surface area contributed by atoms with E-state index in [9.17, 15) is 4.79 Å². The lowest BCUT2D eigenvalue weighted by molar-refractivity contribution is -0.119. The molecule has 0 fully saturated rings. The number of hydrogen-bond acceptors (Lipinski definition) is 2. The zero-order valence-electron chi connectivity index (χ0n) is 6.85. The van der Waals surface area contributed by atoms with Gasteiger partial charge in [0.1, 0.15) is 0 Å². The Labute approximate surface area is 62.0 Å². The van der Waals surface area contributed by atoms with Crippen molar-refractivity contribution in [1.29, 1.82) is 0 Å². The molecular weight excluding hydrogens is 128 g/mol. The Balaban J connectivity index is 3.43. The highest BCUT2D eigenvalue weighted by Crippen LogP contribution is 1.93. The lowest BCUT2D eigenvalue weighted by atomic mass is 10.1. The first kappa shape index (κ1) is 9.43. The summed E-state index contributed by atoms with van der Waals surface area (Å²) in [6.45, 7) is 5.39. The van der Waals surface area contributed by atoms with Gasteiger partial charge in [0.2, 0.25) is 5.91 Å². The van der Waals surface area contributed by atoms with Gasteiger partial charge in [0.25, 0.3) is 0 Å². The highest BCUT2D eigenvalue weighted by molar-refractivity contribution is 5.73. The van der Waals surface area contributed by atoms with E-state index in [2.05, 4.69) is 5.32 Å². The predicted molar refractivity (Wildman–Crippen MR) is 41.5 cm³/mol. The molecule has 60 valence electrons. The first-order valence-corrected chi connectivity index (χ1v) is 3.55. The zero-order chi connectivity index (χ0) is 8.15. The first-order valence-electron chi connectivity index (χ1n) is 3.55. The molecule has 2 atom stereocenters. The van der Waals surface area contributed by atoms with Crippen molar-refractivity contribution in [3.05, 3.63) is 0 Å². The van der Waals surface area contributed by atoms with Crippen LogP contribution in [0.1, 0.15) is 27.2 Å². The van der Waals surface area contributed by atoms with E-state index in [1.807, 2.05) is 13.8 Å². The summed E-state index contributed by atoms with van der Waals surface area (Å²) in [6, 6.07) is 0.347. The SMILES string of the molecule is CC(=O)NC(C)CC(C)N. The van der Waals surface area contributed by atoms with Gasteiger partial charge in [0, 0.05) is 19.0 Å². The molecule has 0 aliphatic heterocycles. The Hall–Kier alpha value is -0.570. The largest absolute Gasteiger partial charge is 0.354 e. The van der Waals surface area contributed by atoms with Crippen LogP contribution in [0.25, 0.3) is 0 Å². The molecule has 1 amide bonds. The highest BCUT2D eigenvalue weighted by Gasteiger charge is 2.04. The van der Waals surface area contributed by atoms with Gasteiger partial charge in [-0.1, -0.05) is 0 Å². The van der Waals surface area contributed by atoms with Gasteiger partial charge in [-0.05, 0) is 20.3 Å². The standard InChI is InChI=1S/C7H16N2O/c1-5(8)4-6(2)9-7(3)10/h5-6H,4,8H2,1-3H3,(H,9,10). The molecule has 0 bridgehead atoms. The minimum absolute atomic E-state index is 0.00755. The van der Waals surface area contributed by atoms with Crippen molar-refractivity contribution in [2.24, 2.45) is 5.73 Å². The van der Waals surface area contributed by atoms with E-state index in [0.717, 1.165) is 6.42 Å². The van der Waals surface area contributed by atoms with Gasteiger partial charge in [-0.15, -0.1) is 0 Å². The van der Waals surface area contributed by atoms with Crippen molar-refractivity contribution >= 4 is 5.91 Å². The summed E-state index contributed by atoms with van der Waals surface area (Å²) in [5.41, 5.74) is 5.52. The average Bonchev–Trinajstić information content (AvgIpc) is 1.58. The fraction of sp³-hybridized carbons (Fsp3) is 0.857. The van der Waals surface area contributed by atoms with Gasteiger partial charge < -0.3 is 11.1 Å². The minimum atomic E-state index is 0.00755. The Morgan fingerprint density at radius 3 is 2.40 bits per heavy atom. The molecule has 3 nitrogen and oxygen atoms in total.